The molecule has 0 saturated heterocycles. The fourth-order valence-electron chi connectivity index (χ4n) is 3.05. The van der Waals surface area contributed by atoms with E-state index in [0.29, 0.717) is 34.8 Å². The minimum Gasteiger partial charge on any atom is -0.392 e. The number of nitrogens with zero attached hydrogens (tertiary/aromatic N) is 3. The second-order valence-electron chi connectivity index (χ2n) is 6.36. The fourth-order valence-corrected chi connectivity index (χ4v) is 4.04. The van der Waals surface area contributed by atoms with E-state index in [4.69, 9.17) is 0 Å². The van der Waals surface area contributed by atoms with Crippen molar-refractivity contribution in [2.24, 2.45) is 10.7 Å². The molecule has 1 aliphatic rings. The molecule has 4 N–H and O–H groups in total. The molecule has 1 amide bonds. The average molecular weight is 414 g/mol. The Labute approximate surface area is 175 Å². The maximum atomic E-state index is 13.3. The Morgan fingerprint density at radius 1 is 1.28 bits per heavy atom. The number of fused-ring (bicyclic) bond motifs is 1. The van der Waals surface area contributed by atoms with Gasteiger partial charge in [0.05, 0.1) is 30.3 Å². The van der Waals surface area contributed by atoms with Crippen molar-refractivity contribution in [2.75, 3.05) is 25.5 Å². The Morgan fingerprint density at radius 2 is 2.07 bits per heavy atom. The van der Waals surface area contributed by atoms with Crippen LogP contribution in [0.1, 0.15) is 45.6 Å². The van der Waals surface area contributed by atoms with Crippen molar-refractivity contribution in [3.63, 3.8) is 0 Å². The van der Waals surface area contributed by atoms with Crippen molar-refractivity contribution < 1.29 is 9.90 Å². The smallest absolute Gasteiger partial charge is 0.266 e. The molecule has 0 spiro atoms. The molecule has 0 unspecified atom stereocenters. The first-order valence-corrected chi connectivity index (χ1v) is 10.4. The standard InChI is InChI=1S/C20H22N4O2S.CH5N/c21-10-15-6-2-3-7-16(15)11-24-9-5-1-4-8-22-14-23-18-17(12-25)13-27-19(18)20(24)26;1-2/h2-3,6-7,13-14,25H,1,4-5,8-9,11-12H2,(H,22,23);2H2,1H3. The Kier molecular flexibility index (Phi) is 9.31. The number of thiophene rings is 1. The van der Waals surface area contributed by atoms with Gasteiger partial charge >= 0.3 is 0 Å². The van der Waals surface area contributed by atoms with Gasteiger partial charge in [-0.05, 0) is 43.3 Å². The van der Waals surface area contributed by atoms with Crippen molar-refractivity contribution >= 4 is 29.3 Å². The lowest BCUT2D eigenvalue weighted by molar-refractivity contribution is 0.0745. The molecule has 0 bridgehead atoms. The van der Waals surface area contributed by atoms with Crippen LogP contribution < -0.4 is 11.1 Å². The van der Waals surface area contributed by atoms with E-state index in [1.54, 1.807) is 22.7 Å². The van der Waals surface area contributed by atoms with E-state index in [-0.39, 0.29) is 12.5 Å². The van der Waals surface area contributed by atoms with Crippen LogP contribution >= 0.6 is 11.3 Å². The van der Waals surface area contributed by atoms with Crippen LogP contribution in [0.15, 0.2) is 34.6 Å². The number of aliphatic hydroxyl groups is 1. The maximum absolute atomic E-state index is 13.3. The number of carbonyl (C=O) groups excluding carboxylic acids is 1. The molecule has 29 heavy (non-hydrogen) atoms. The number of nitriles is 1. The van der Waals surface area contributed by atoms with E-state index in [1.807, 2.05) is 18.2 Å². The average Bonchev–Trinajstić information content (AvgIpc) is 3.17. The molecule has 0 atom stereocenters. The van der Waals surface area contributed by atoms with Crippen molar-refractivity contribution in [2.45, 2.75) is 32.4 Å². The third-order valence-electron chi connectivity index (χ3n) is 4.53. The van der Waals surface area contributed by atoms with E-state index in [1.165, 1.54) is 18.4 Å². The third kappa shape index (κ3) is 5.87. The summed E-state index contributed by atoms with van der Waals surface area (Å²) in [4.78, 5) is 19.9. The summed E-state index contributed by atoms with van der Waals surface area (Å²) in [7, 11) is 1.50. The van der Waals surface area contributed by atoms with Gasteiger partial charge in [-0.25, -0.2) is 0 Å². The molecule has 0 radical (unpaired) electrons. The topological polar surface area (TPSA) is 115 Å². The van der Waals surface area contributed by atoms with Gasteiger partial charge in [-0.3, -0.25) is 9.79 Å². The summed E-state index contributed by atoms with van der Waals surface area (Å²) >= 11 is 1.32. The number of aliphatic hydroxyl groups excluding tert-OH is 1. The number of amides is 1. The van der Waals surface area contributed by atoms with E-state index in [2.05, 4.69) is 22.1 Å². The lowest BCUT2D eigenvalue weighted by Crippen LogP contribution is -2.32. The summed E-state index contributed by atoms with van der Waals surface area (Å²) < 4.78 is 0. The van der Waals surface area contributed by atoms with Crippen LogP contribution in [0.3, 0.4) is 0 Å². The van der Waals surface area contributed by atoms with Crippen LogP contribution in [0.5, 0.6) is 0 Å². The van der Waals surface area contributed by atoms with Crippen molar-refractivity contribution in [1.82, 2.24) is 4.90 Å². The predicted octanol–water partition coefficient (Wildman–Crippen LogP) is 2.95. The number of hydrogen-bond acceptors (Lipinski definition) is 7. The molecule has 154 valence electrons. The number of anilines is 1. The van der Waals surface area contributed by atoms with Crippen LogP contribution in [0.25, 0.3) is 0 Å². The van der Waals surface area contributed by atoms with E-state index in [0.717, 1.165) is 31.4 Å². The summed E-state index contributed by atoms with van der Waals surface area (Å²) in [6.07, 6.45) is 4.43. The summed E-state index contributed by atoms with van der Waals surface area (Å²) in [5.41, 5.74) is 7.24. The highest BCUT2D eigenvalue weighted by atomic mass is 32.1. The summed E-state index contributed by atoms with van der Waals surface area (Å²) in [6, 6.07) is 9.58. The number of rotatable bonds is 3. The maximum Gasteiger partial charge on any atom is 0.266 e. The first-order valence-electron chi connectivity index (χ1n) is 9.55. The third-order valence-corrected chi connectivity index (χ3v) is 5.55. The van der Waals surface area contributed by atoms with Gasteiger partial charge < -0.3 is 21.1 Å². The molecule has 0 saturated carbocycles. The fraction of sp³-hybridized carbons (Fsp3) is 0.381. The molecule has 1 aromatic heterocycles. The Bertz CT molecular complexity index is 872. The van der Waals surface area contributed by atoms with Crippen LogP contribution in [0.2, 0.25) is 0 Å². The molecule has 0 fully saturated rings. The molecular formula is C21H27N5O2S. The molecule has 8 heteroatoms. The van der Waals surface area contributed by atoms with Crippen molar-refractivity contribution in [3.05, 3.63) is 51.2 Å². The number of nitrogens with one attached hydrogen (secondary N) is 1. The molecule has 1 aliphatic heterocycles. The normalized spacial score (nSPS) is 14.4. The number of benzene rings is 1. The van der Waals surface area contributed by atoms with Gasteiger partial charge in [-0.15, -0.1) is 11.3 Å². The molecule has 0 aliphatic carbocycles. The van der Waals surface area contributed by atoms with Crippen LogP contribution in [0, 0.1) is 11.3 Å². The zero-order chi connectivity index (χ0) is 21.1. The number of carbonyl (C=O) groups is 1. The first kappa shape index (κ1) is 22.6. The van der Waals surface area contributed by atoms with Crippen LogP contribution in [-0.4, -0.2) is 42.4 Å². The van der Waals surface area contributed by atoms with Crippen LogP contribution in [0.4, 0.5) is 5.69 Å². The molecule has 3 rings (SSSR count). The number of hydrogen-bond donors (Lipinski definition) is 3. The summed E-state index contributed by atoms with van der Waals surface area (Å²) in [5.74, 6) is -0.0936. The highest BCUT2D eigenvalue weighted by Gasteiger charge is 2.23. The van der Waals surface area contributed by atoms with Gasteiger partial charge in [0.25, 0.3) is 5.91 Å². The minimum atomic E-state index is -0.142. The highest BCUT2D eigenvalue weighted by molar-refractivity contribution is 7.13. The van der Waals surface area contributed by atoms with E-state index in [9.17, 15) is 15.2 Å². The monoisotopic (exact) mass is 413 g/mol. The van der Waals surface area contributed by atoms with Gasteiger partial charge in [0.15, 0.2) is 0 Å². The molecule has 2 heterocycles. The zero-order valence-corrected chi connectivity index (χ0v) is 17.4. The van der Waals surface area contributed by atoms with E-state index >= 15 is 0 Å². The first-order chi connectivity index (χ1) is 14.2. The lowest BCUT2D eigenvalue weighted by Gasteiger charge is -2.24. The number of nitrogens with two attached hydrogens (primary N) is 1. The summed E-state index contributed by atoms with van der Waals surface area (Å²) in [6.45, 7) is 1.60. The molecule has 7 nitrogen and oxygen atoms in total. The second kappa shape index (κ2) is 12.0. The highest BCUT2D eigenvalue weighted by Crippen LogP contribution is 2.30. The summed E-state index contributed by atoms with van der Waals surface area (Å²) in [5, 5.41) is 23.8. The molecular weight excluding hydrogens is 386 g/mol. The number of aliphatic imine (C=N–C) groups is 1. The van der Waals surface area contributed by atoms with Crippen molar-refractivity contribution in [3.8, 4) is 6.07 Å². The van der Waals surface area contributed by atoms with Gasteiger partial charge in [0, 0.05) is 25.2 Å². The van der Waals surface area contributed by atoms with Crippen molar-refractivity contribution in [1.29, 1.82) is 5.26 Å². The lowest BCUT2D eigenvalue weighted by atomic mass is 10.1. The van der Waals surface area contributed by atoms with Crippen LogP contribution in [-0.2, 0) is 13.2 Å². The molecule has 1 aromatic carbocycles. The minimum absolute atomic E-state index is 0.0936. The SMILES string of the molecule is CN.N#Cc1ccccc1CN1CCCCCN=CNc2c(CO)csc2C1=O. The Morgan fingerprint density at radius 3 is 2.83 bits per heavy atom. The zero-order valence-electron chi connectivity index (χ0n) is 16.6. The second-order valence-corrected chi connectivity index (χ2v) is 7.24. The van der Waals surface area contributed by atoms with Gasteiger partial charge in [0.2, 0.25) is 0 Å². The largest absolute Gasteiger partial charge is 0.392 e. The molecule has 2 aromatic rings. The van der Waals surface area contributed by atoms with Gasteiger partial charge in [-0.1, -0.05) is 18.2 Å². The van der Waals surface area contributed by atoms with Gasteiger partial charge in [0.1, 0.15) is 4.88 Å². The van der Waals surface area contributed by atoms with E-state index < -0.39 is 0 Å². The Balaban J connectivity index is 0.00000145. The predicted molar refractivity (Wildman–Crippen MR) is 117 cm³/mol. The van der Waals surface area contributed by atoms with Gasteiger partial charge in [-0.2, -0.15) is 5.26 Å². The Hall–Kier alpha value is -2.73. The quantitative estimate of drug-likeness (QED) is 0.716.